The molecule has 7 heteroatoms. The molecular formula is C17H12ClFN4O. The Morgan fingerprint density at radius 2 is 1.92 bits per heavy atom. The van der Waals surface area contributed by atoms with Gasteiger partial charge in [0.2, 0.25) is 0 Å². The number of fused-ring (bicyclic) bond motifs is 1. The lowest BCUT2D eigenvalue weighted by molar-refractivity contribution is 0.100. The van der Waals surface area contributed by atoms with Crippen molar-refractivity contribution in [2.75, 3.05) is 0 Å². The number of rotatable bonds is 2. The minimum atomic E-state index is -0.604. The Hall–Kier alpha value is -2.99. The number of halogens is 2. The first-order valence-electron chi connectivity index (χ1n) is 6.93. The molecule has 1 amide bonds. The molecule has 0 radical (unpaired) electrons. The summed E-state index contributed by atoms with van der Waals surface area (Å²) in [6, 6.07) is 9.41. The van der Waals surface area contributed by atoms with E-state index in [4.69, 9.17) is 23.1 Å². The lowest BCUT2D eigenvalue weighted by atomic mass is 9.96. The predicted molar refractivity (Wildman–Crippen MR) is 92.3 cm³/mol. The van der Waals surface area contributed by atoms with Gasteiger partial charge in [-0.3, -0.25) is 9.78 Å². The van der Waals surface area contributed by atoms with Gasteiger partial charge in [-0.1, -0.05) is 23.7 Å². The van der Waals surface area contributed by atoms with Gasteiger partial charge in [-0.15, -0.1) is 0 Å². The van der Waals surface area contributed by atoms with Gasteiger partial charge < -0.3 is 11.5 Å². The van der Waals surface area contributed by atoms with Crippen LogP contribution in [0, 0.1) is 5.82 Å². The Morgan fingerprint density at radius 1 is 1.17 bits per heavy atom. The summed E-state index contributed by atoms with van der Waals surface area (Å²) in [5, 5.41) is 1.59. The summed E-state index contributed by atoms with van der Waals surface area (Å²) in [4.78, 5) is 19.4. The summed E-state index contributed by atoms with van der Waals surface area (Å²) in [6.07, 6.45) is 2.96. The Balaban J connectivity index is 2.29. The molecule has 24 heavy (non-hydrogen) atoms. The molecule has 0 aliphatic heterocycles. The Kier molecular flexibility index (Phi) is 4.14. The van der Waals surface area contributed by atoms with E-state index < -0.39 is 11.7 Å². The molecule has 0 bridgehead atoms. The molecule has 4 N–H and O–H groups in total. The zero-order valence-corrected chi connectivity index (χ0v) is 13.1. The number of carbonyl (C=O) groups is 1. The van der Waals surface area contributed by atoms with Crippen LogP contribution in [0.5, 0.6) is 0 Å². The number of aromatic nitrogens is 1. The third kappa shape index (κ3) is 2.91. The number of carbonyl (C=O) groups excluding carboxylic acids is 1. The monoisotopic (exact) mass is 342 g/mol. The van der Waals surface area contributed by atoms with Crippen LogP contribution in [-0.2, 0) is 0 Å². The number of pyridine rings is 1. The van der Waals surface area contributed by atoms with Gasteiger partial charge in [0.1, 0.15) is 5.82 Å². The zero-order valence-electron chi connectivity index (χ0n) is 12.3. The highest BCUT2D eigenvalue weighted by atomic mass is 35.5. The normalized spacial score (nSPS) is 10.6. The van der Waals surface area contributed by atoms with Crippen LogP contribution in [0.1, 0.15) is 10.4 Å². The molecule has 0 unspecified atom stereocenters. The third-order valence-corrected chi connectivity index (χ3v) is 3.79. The minimum Gasteiger partial charge on any atom is -0.370 e. The molecule has 0 aliphatic carbocycles. The van der Waals surface area contributed by atoms with Crippen molar-refractivity contribution in [2.45, 2.75) is 0 Å². The third-order valence-electron chi connectivity index (χ3n) is 3.49. The second kappa shape index (κ2) is 6.25. The van der Waals surface area contributed by atoms with Crippen LogP contribution in [0.4, 0.5) is 4.39 Å². The molecule has 2 aromatic carbocycles. The molecule has 0 spiro atoms. The van der Waals surface area contributed by atoms with Crippen LogP contribution < -0.4 is 11.5 Å². The van der Waals surface area contributed by atoms with Crippen LogP contribution in [0.15, 0.2) is 53.8 Å². The van der Waals surface area contributed by atoms with E-state index in [1.165, 1.54) is 18.5 Å². The van der Waals surface area contributed by atoms with Crippen molar-refractivity contribution < 1.29 is 9.18 Å². The summed E-state index contributed by atoms with van der Waals surface area (Å²) in [5.74, 6) is -1.40. The molecule has 3 aromatic rings. The maximum absolute atomic E-state index is 14.5. The molecule has 0 atom stereocenters. The van der Waals surface area contributed by atoms with E-state index in [0.29, 0.717) is 21.5 Å². The topological polar surface area (TPSA) is 94.4 Å². The fraction of sp³-hybridized carbons (Fsp3) is 0. The largest absolute Gasteiger partial charge is 0.370 e. The van der Waals surface area contributed by atoms with Gasteiger partial charge in [-0.05, 0) is 35.0 Å². The molecule has 120 valence electrons. The van der Waals surface area contributed by atoms with Gasteiger partial charge in [-0.2, -0.15) is 4.99 Å². The van der Waals surface area contributed by atoms with Gasteiger partial charge in [0.05, 0.1) is 5.02 Å². The zero-order chi connectivity index (χ0) is 17.3. The maximum atomic E-state index is 14.5. The van der Waals surface area contributed by atoms with Crippen molar-refractivity contribution in [3.05, 3.63) is 65.2 Å². The molecule has 0 aliphatic rings. The van der Waals surface area contributed by atoms with Crippen molar-refractivity contribution >= 4 is 34.2 Å². The number of guanidine groups is 1. The summed E-state index contributed by atoms with van der Waals surface area (Å²) in [7, 11) is 0. The molecule has 0 saturated heterocycles. The molecular weight excluding hydrogens is 331 g/mol. The van der Waals surface area contributed by atoms with Crippen LogP contribution in [-0.4, -0.2) is 16.9 Å². The summed E-state index contributed by atoms with van der Waals surface area (Å²) in [6.45, 7) is 0. The first-order chi connectivity index (χ1) is 11.5. The van der Waals surface area contributed by atoms with Crippen molar-refractivity contribution in [3.63, 3.8) is 0 Å². The van der Waals surface area contributed by atoms with E-state index in [9.17, 15) is 9.18 Å². The van der Waals surface area contributed by atoms with E-state index in [1.807, 2.05) is 0 Å². The fourth-order valence-corrected chi connectivity index (χ4v) is 2.67. The Morgan fingerprint density at radius 3 is 2.62 bits per heavy atom. The standard InChI is InChI=1S/C17H12ClFN4O/c18-13-8-22-6-5-11(13)15-12-7-10(16(24)23-17(20)21)2-1-9(12)3-4-14(15)19/h1-8H,(H4,20,21,23,24). The fourth-order valence-electron chi connectivity index (χ4n) is 2.46. The molecule has 0 saturated carbocycles. The maximum Gasteiger partial charge on any atom is 0.280 e. The number of hydrogen-bond acceptors (Lipinski definition) is 2. The van der Waals surface area contributed by atoms with Crippen molar-refractivity contribution in [3.8, 4) is 11.1 Å². The quantitative estimate of drug-likeness (QED) is 0.552. The number of benzene rings is 2. The van der Waals surface area contributed by atoms with Gasteiger partial charge in [0.25, 0.3) is 5.91 Å². The smallest absolute Gasteiger partial charge is 0.280 e. The first-order valence-corrected chi connectivity index (χ1v) is 7.31. The number of aliphatic imine (C=N–C) groups is 1. The van der Waals surface area contributed by atoms with Gasteiger partial charge in [-0.25, -0.2) is 4.39 Å². The molecule has 5 nitrogen and oxygen atoms in total. The summed E-state index contributed by atoms with van der Waals surface area (Å²) < 4.78 is 14.5. The number of hydrogen-bond donors (Lipinski definition) is 2. The summed E-state index contributed by atoms with van der Waals surface area (Å²) >= 11 is 6.15. The average molecular weight is 343 g/mol. The average Bonchev–Trinajstić information content (AvgIpc) is 2.54. The highest BCUT2D eigenvalue weighted by molar-refractivity contribution is 6.33. The Labute approximate surface area is 141 Å². The SMILES string of the molecule is NC(N)=NC(=O)c1ccc2ccc(F)c(-c3ccncc3Cl)c2c1. The van der Waals surface area contributed by atoms with E-state index in [2.05, 4.69) is 9.98 Å². The second-order valence-electron chi connectivity index (χ2n) is 5.06. The first kappa shape index (κ1) is 15.9. The molecule has 0 fully saturated rings. The minimum absolute atomic E-state index is 0.243. The van der Waals surface area contributed by atoms with Gasteiger partial charge in [0.15, 0.2) is 5.96 Å². The second-order valence-corrected chi connectivity index (χ2v) is 5.46. The number of nitrogens with two attached hydrogens (primary N) is 2. The van der Waals surface area contributed by atoms with Crippen molar-refractivity contribution in [1.29, 1.82) is 0 Å². The van der Waals surface area contributed by atoms with Crippen molar-refractivity contribution in [1.82, 2.24) is 4.98 Å². The van der Waals surface area contributed by atoms with E-state index in [-0.39, 0.29) is 11.5 Å². The molecule has 1 aromatic heterocycles. The highest BCUT2D eigenvalue weighted by Gasteiger charge is 2.15. The Bertz CT molecular complexity index is 983. The highest BCUT2D eigenvalue weighted by Crippen LogP contribution is 2.35. The number of nitrogens with zero attached hydrogens (tertiary/aromatic N) is 2. The van der Waals surface area contributed by atoms with Crippen LogP contribution in [0.3, 0.4) is 0 Å². The van der Waals surface area contributed by atoms with Gasteiger partial charge >= 0.3 is 0 Å². The summed E-state index contributed by atoms with van der Waals surface area (Å²) in [5.41, 5.74) is 11.5. The van der Waals surface area contributed by atoms with Crippen LogP contribution >= 0.6 is 11.6 Å². The number of amides is 1. The molecule has 3 rings (SSSR count). The van der Waals surface area contributed by atoms with Crippen LogP contribution in [0.2, 0.25) is 5.02 Å². The van der Waals surface area contributed by atoms with Gasteiger partial charge in [0, 0.05) is 29.1 Å². The van der Waals surface area contributed by atoms with E-state index >= 15 is 0 Å². The lowest BCUT2D eigenvalue weighted by Crippen LogP contribution is -2.24. The predicted octanol–water partition coefficient (Wildman–Crippen LogP) is 3.11. The van der Waals surface area contributed by atoms with Crippen molar-refractivity contribution in [2.24, 2.45) is 16.5 Å². The van der Waals surface area contributed by atoms with E-state index in [0.717, 1.165) is 5.39 Å². The lowest BCUT2D eigenvalue weighted by Gasteiger charge is -2.11. The van der Waals surface area contributed by atoms with Crippen LogP contribution in [0.25, 0.3) is 21.9 Å². The van der Waals surface area contributed by atoms with E-state index in [1.54, 1.807) is 30.3 Å². The molecule has 1 heterocycles.